The summed E-state index contributed by atoms with van der Waals surface area (Å²) in [6.45, 7) is 1.96. The molecule has 7 heteroatoms. The monoisotopic (exact) mass is 363 g/mol. The molecule has 2 aromatic carbocycles. The summed E-state index contributed by atoms with van der Waals surface area (Å²) in [6.07, 6.45) is 0.496. The molecular weight excluding hydrogens is 346 g/mol. The fourth-order valence-electron chi connectivity index (χ4n) is 3.05. The number of carbonyl (C=O) groups excluding carboxylic acids is 1. The number of benzene rings is 2. The fourth-order valence-corrected chi connectivity index (χ4v) is 3.05. The summed E-state index contributed by atoms with van der Waals surface area (Å²) >= 11 is 0. The Morgan fingerprint density at radius 3 is 2.74 bits per heavy atom. The quantitative estimate of drug-likeness (QED) is 0.518. The molecule has 0 aliphatic heterocycles. The van der Waals surface area contributed by atoms with E-state index in [1.54, 1.807) is 18.2 Å². The number of aromatic amines is 2. The lowest BCUT2D eigenvalue weighted by Crippen LogP contribution is -2.17. The minimum Gasteiger partial charge on any atom is -0.408 e. The number of oxazole rings is 1. The Hall–Kier alpha value is -3.61. The van der Waals surface area contributed by atoms with Crippen LogP contribution in [0.5, 0.6) is 0 Å². The molecule has 0 fully saturated rings. The van der Waals surface area contributed by atoms with Gasteiger partial charge in [0.05, 0.1) is 5.52 Å². The average Bonchev–Trinajstić information content (AvgIpc) is 2.99. The molecule has 0 aliphatic rings. The highest BCUT2D eigenvalue weighted by atomic mass is 16.4. The first-order valence-electron chi connectivity index (χ1n) is 8.53. The number of hydrogen-bond donors (Lipinski definition) is 3. The van der Waals surface area contributed by atoms with Gasteiger partial charge in [0.2, 0.25) is 5.91 Å². The van der Waals surface area contributed by atoms with E-state index in [0.29, 0.717) is 28.8 Å². The molecular formula is C20H17N3O4. The van der Waals surface area contributed by atoms with Gasteiger partial charge in [-0.25, -0.2) is 4.79 Å². The number of aryl methyl sites for hydroxylation is 2. The average molecular weight is 363 g/mol. The van der Waals surface area contributed by atoms with Gasteiger partial charge in [0.1, 0.15) is 0 Å². The van der Waals surface area contributed by atoms with Gasteiger partial charge in [-0.2, -0.15) is 0 Å². The zero-order valence-electron chi connectivity index (χ0n) is 14.6. The van der Waals surface area contributed by atoms with Crippen LogP contribution in [-0.2, 0) is 11.2 Å². The van der Waals surface area contributed by atoms with Crippen LogP contribution in [-0.4, -0.2) is 15.9 Å². The first-order valence-corrected chi connectivity index (χ1v) is 8.53. The van der Waals surface area contributed by atoms with Gasteiger partial charge in [0.25, 0.3) is 5.56 Å². The second-order valence-electron chi connectivity index (χ2n) is 6.49. The summed E-state index contributed by atoms with van der Waals surface area (Å²) in [7, 11) is 0. The van der Waals surface area contributed by atoms with Crippen molar-refractivity contribution in [2.75, 3.05) is 5.32 Å². The van der Waals surface area contributed by atoms with Crippen LogP contribution in [0.4, 0.5) is 5.69 Å². The lowest BCUT2D eigenvalue weighted by atomic mass is 10.1. The molecule has 4 rings (SSSR count). The molecule has 0 atom stereocenters. The molecule has 0 saturated heterocycles. The topological polar surface area (TPSA) is 108 Å². The Morgan fingerprint density at radius 1 is 1.04 bits per heavy atom. The van der Waals surface area contributed by atoms with Gasteiger partial charge in [0, 0.05) is 23.2 Å². The van der Waals surface area contributed by atoms with Gasteiger partial charge in [-0.05, 0) is 54.6 Å². The molecule has 0 spiro atoms. The van der Waals surface area contributed by atoms with Crippen molar-refractivity contribution in [1.29, 1.82) is 0 Å². The van der Waals surface area contributed by atoms with E-state index in [4.69, 9.17) is 4.42 Å². The summed E-state index contributed by atoms with van der Waals surface area (Å²) < 4.78 is 4.93. The van der Waals surface area contributed by atoms with Gasteiger partial charge in [0.15, 0.2) is 5.58 Å². The van der Waals surface area contributed by atoms with Crippen LogP contribution in [0.2, 0.25) is 0 Å². The fraction of sp³-hybridized carbons (Fsp3) is 0.150. The molecule has 0 saturated carbocycles. The van der Waals surface area contributed by atoms with Crippen LogP contribution in [0.15, 0.2) is 56.5 Å². The number of hydrogen-bond acceptors (Lipinski definition) is 4. The number of amides is 1. The van der Waals surface area contributed by atoms with Crippen molar-refractivity contribution in [3.63, 3.8) is 0 Å². The van der Waals surface area contributed by atoms with E-state index in [-0.39, 0.29) is 17.9 Å². The smallest absolute Gasteiger partial charge is 0.408 e. The minimum atomic E-state index is -0.542. The van der Waals surface area contributed by atoms with Crippen LogP contribution in [0.25, 0.3) is 22.0 Å². The third kappa shape index (κ3) is 3.52. The Morgan fingerprint density at radius 2 is 1.89 bits per heavy atom. The van der Waals surface area contributed by atoms with Crippen molar-refractivity contribution < 1.29 is 9.21 Å². The molecule has 0 radical (unpaired) electrons. The van der Waals surface area contributed by atoms with Gasteiger partial charge in [-0.15, -0.1) is 0 Å². The third-order valence-electron chi connectivity index (χ3n) is 4.40. The van der Waals surface area contributed by atoms with E-state index < -0.39 is 5.76 Å². The highest BCUT2D eigenvalue weighted by Crippen LogP contribution is 2.17. The van der Waals surface area contributed by atoms with Crippen molar-refractivity contribution in [2.24, 2.45) is 0 Å². The molecule has 2 heterocycles. The van der Waals surface area contributed by atoms with E-state index in [2.05, 4.69) is 15.3 Å². The first kappa shape index (κ1) is 16.8. The third-order valence-corrected chi connectivity index (χ3v) is 4.40. The maximum absolute atomic E-state index is 12.2. The Bertz CT molecular complexity index is 1280. The summed E-state index contributed by atoms with van der Waals surface area (Å²) in [5, 5.41) is 3.70. The highest BCUT2D eigenvalue weighted by Gasteiger charge is 2.09. The summed E-state index contributed by atoms with van der Waals surface area (Å²) in [5.74, 6) is -0.761. The van der Waals surface area contributed by atoms with E-state index in [1.165, 1.54) is 0 Å². The number of H-pyrrole nitrogens is 2. The normalized spacial score (nSPS) is 11.1. The highest BCUT2D eigenvalue weighted by molar-refractivity contribution is 5.93. The molecule has 2 aromatic heterocycles. The number of anilines is 1. The zero-order valence-corrected chi connectivity index (χ0v) is 14.6. The molecule has 4 aromatic rings. The maximum atomic E-state index is 12.2. The lowest BCUT2D eigenvalue weighted by molar-refractivity contribution is -0.116. The van der Waals surface area contributed by atoms with E-state index in [1.807, 2.05) is 31.2 Å². The Balaban J connectivity index is 1.47. The summed E-state index contributed by atoms with van der Waals surface area (Å²) in [5.41, 5.74) is 3.73. The van der Waals surface area contributed by atoms with Crippen LogP contribution in [0.3, 0.4) is 0 Å². The van der Waals surface area contributed by atoms with Gasteiger partial charge in [-0.1, -0.05) is 12.1 Å². The largest absolute Gasteiger partial charge is 0.417 e. The lowest BCUT2D eigenvalue weighted by Gasteiger charge is -2.06. The Kier molecular flexibility index (Phi) is 4.12. The number of pyridine rings is 1. The minimum absolute atomic E-state index is 0.167. The predicted octanol–water partition coefficient (Wildman–Crippen LogP) is 2.84. The van der Waals surface area contributed by atoms with Gasteiger partial charge in [-0.3, -0.25) is 14.6 Å². The SMILES string of the molecule is Cc1ccc2cc(CCC(=O)Nc3ccc4oc(=O)[nH]c4c3)c(=O)[nH]c2c1. The molecule has 0 unspecified atom stereocenters. The predicted molar refractivity (Wildman–Crippen MR) is 103 cm³/mol. The van der Waals surface area contributed by atoms with Crippen molar-refractivity contribution >= 4 is 33.6 Å². The zero-order chi connectivity index (χ0) is 19.0. The van der Waals surface area contributed by atoms with Crippen molar-refractivity contribution in [1.82, 2.24) is 9.97 Å². The van der Waals surface area contributed by atoms with Crippen molar-refractivity contribution in [3.05, 3.63) is 74.5 Å². The first-order chi connectivity index (χ1) is 13.0. The Labute approximate surface area is 153 Å². The van der Waals surface area contributed by atoms with Crippen LogP contribution >= 0.6 is 0 Å². The number of fused-ring (bicyclic) bond motifs is 2. The van der Waals surface area contributed by atoms with Crippen LogP contribution < -0.4 is 16.6 Å². The molecule has 136 valence electrons. The van der Waals surface area contributed by atoms with E-state index in [0.717, 1.165) is 16.5 Å². The molecule has 27 heavy (non-hydrogen) atoms. The summed E-state index contributed by atoms with van der Waals surface area (Å²) in [4.78, 5) is 41.0. The number of aromatic nitrogens is 2. The van der Waals surface area contributed by atoms with Crippen molar-refractivity contribution in [3.8, 4) is 0 Å². The maximum Gasteiger partial charge on any atom is 0.417 e. The van der Waals surface area contributed by atoms with Crippen LogP contribution in [0.1, 0.15) is 17.5 Å². The summed E-state index contributed by atoms with van der Waals surface area (Å²) in [6, 6.07) is 12.6. The van der Waals surface area contributed by atoms with E-state index in [9.17, 15) is 14.4 Å². The molecule has 0 aliphatic carbocycles. The van der Waals surface area contributed by atoms with Crippen molar-refractivity contribution in [2.45, 2.75) is 19.8 Å². The van der Waals surface area contributed by atoms with Crippen LogP contribution in [0, 0.1) is 6.92 Å². The van der Waals surface area contributed by atoms with Gasteiger partial charge < -0.3 is 14.7 Å². The second-order valence-corrected chi connectivity index (χ2v) is 6.49. The number of rotatable bonds is 4. The van der Waals surface area contributed by atoms with Gasteiger partial charge >= 0.3 is 5.76 Å². The number of carbonyl (C=O) groups is 1. The number of nitrogens with one attached hydrogen (secondary N) is 3. The molecule has 0 bridgehead atoms. The standard InChI is InChI=1S/C20H17N3O4/c1-11-2-3-12-9-13(19(25)22-15(12)8-11)4-7-18(24)21-14-5-6-17-16(10-14)23-20(26)27-17/h2-3,5-6,8-10H,4,7H2,1H3,(H,21,24)(H,22,25)(H,23,26). The molecule has 7 nitrogen and oxygen atoms in total. The molecule has 3 N–H and O–H groups in total. The van der Waals surface area contributed by atoms with E-state index >= 15 is 0 Å². The molecule has 1 amide bonds. The second kappa shape index (κ2) is 6.60.